The fourth-order valence-corrected chi connectivity index (χ4v) is 2.73. The number of fused-ring (bicyclic) bond motifs is 1. The second-order valence-electron chi connectivity index (χ2n) is 3.51. The monoisotopic (exact) mass is 250 g/mol. The van der Waals surface area contributed by atoms with Crippen LogP contribution in [-0.2, 0) is 0 Å². The van der Waals surface area contributed by atoms with Crippen molar-refractivity contribution < 1.29 is 9.53 Å². The molecule has 0 fully saturated rings. The molecule has 0 aliphatic carbocycles. The molecule has 1 amide bonds. The van der Waals surface area contributed by atoms with E-state index < -0.39 is 0 Å². The van der Waals surface area contributed by atoms with Gasteiger partial charge in [0, 0.05) is 23.2 Å². The molecule has 3 N–H and O–H groups in total. The number of nitrogens with one attached hydrogen (secondary N) is 1. The number of hydrogen-bond donors (Lipinski definition) is 2. The number of benzene rings is 1. The van der Waals surface area contributed by atoms with Gasteiger partial charge in [0.05, 0.1) is 7.11 Å². The first-order valence-electron chi connectivity index (χ1n) is 5.31. The highest BCUT2D eigenvalue weighted by atomic mass is 32.1. The molecule has 1 heterocycles. The molecule has 2 aromatic rings. The van der Waals surface area contributed by atoms with Gasteiger partial charge in [-0.3, -0.25) is 4.79 Å². The van der Waals surface area contributed by atoms with E-state index in [2.05, 4.69) is 5.32 Å². The molecule has 0 aliphatic rings. The quantitative estimate of drug-likeness (QED) is 0.866. The summed E-state index contributed by atoms with van der Waals surface area (Å²) in [6, 6.07) is 7.80. The maximum atomic E-state index is 11.9. The van der Waals surface area contributed by atoms with Crippen molar-refractivity contribution in [2.24, 2.45) is 5.73 Å². The lowest BCUT2D eigenvalue weighted by Gasteiger charge is -2.03. The van der Waals surface area contributed by atoms with Crippen molar-refractivity contribution in [3.63, 3.8) is 0 Å². The summed E-state index contributed by atoms with van der Waals surface area (Å²) in [5.74, 6) is 0.508. The largest absolute Gasteiger partial charge is 0.494 e. The van der Waals surface area contributed by atoms with E-state index in [1.54, 1.807) is 7.11 Å². The second-order valence-corrected chi connectivity index (χ2v) is 4.56. The topological polar surface area (TPSA) is 64.3 Å². The van der Waals surface area contributed by atoms with Crippen molar-refractivity contribution in [2.45, 2.75) is 0 Å². The summed E-state index contributed by atoms with van der Waals surface area (Å²) in [5.41, 5.74) is 5.36. The highest BCUT2D eigenvalue weighted by Gasteiger charge is 2.18. The molecule has 0 unspecified atom stereocenters. The standard InChI is InChI=1S/C12H14N2O2S/c1-16-10-8-4-2-3-5-9(8)17-11(10)12(15)14-7-6-13/h2-5H,6-7,13H2,1H3,(H,14,15). The zero-order valence-corrected chi connectivity index (χ0v) is 10.3. The third kappa shape index (κ3) is 2.25. The van der Waals surface area contributed by atoms with Crippen LogP contribution >= 0.6 is 11.3 Å². The van der Waals surface area contributed by atoms with E-state index in [0.29, 0.717) is 23.7 Å². The number of amides is 1. The lowest BCUT2D eigenvalue weighted by atomic mass is 10.2. The van der Waals surface area contributed by atoms with E-state index >= 15 is 0 Å². The molecular weight excluding hydrogens is 236 g/mol. The summed E-state index contributed by atoms with van der Waals surface area (Å²) in [4.78, 5) is 12.5. The summed E-state index contributed by atoms with van der Waals surface area (Å²) in [6.07, 6.45) is 0. The molecule has 0 radical (unpaired) electrons. The zero-order valence-electron chi connectivity index (χ0n) is 9.53. The Bertz CT molecular complexity index is 536. The van der Waals surface area contributed by atoms with Gasteiger partial charge >= 0.3 is 0 Å². The molecule has 90 valence electrons. The van der Waals surface area contributed by atoms with Gasteiger partial charge in [-0.2, -0.15) is 0 Å². The van der Waals surface area contributed by atoms with Crippen LogP contribution in [0.2, 0.25) is 0 Å². The third-order valence-electron chi connectivity index (χ3n) is 2.39. The molecule has 1 aromatic heterocycles. The number of thiophene rings is 1. The number of hydrogen-bond acceptors (Lipinski definition) is 4. The van der Waals surface area contributed by atoms with E-state index in [1.165, 1.54) is 11.3 Å². The van der Waals surface area contributed by atoms with E-state index in [4.69, 9.17) is 10.5 Å². The van der Waals surface area contributed by atoms with Crippen LogP contribution in [0.4, 0.5) is 0 Å². The number of ether oxygens (including phenoxy) is 1. The van der Waals surface area contributed by atoms with Gasteiger partial charge in [-0.25, -0.2) is 0 Å². The number of carbonyl (C=O) groups excluding carboxylic acids is 1. The average Bonchev–Trinajstić information content (AvgIpc) is 2.74. The summed E-state index contributed by atoms with van der Waals surface area (Å²) in [6.45, 7) is 0.898. The summed E-state index contributed by atoms with van der Waals surface area (Å²) >= 11 is 1.43. The van der Waals surface area contributed by atoms with Gasteiger partial charge in [-0.05, 0) is 12.1 Å². The van der Waals surface area contributed by atoms with Crippen LogP contribution in [-0.4, -0.2) is 26.1 Å². The fourth-order valence-electron chi connectivity index (χ4n) is 1.64. The molecule has 0 spiro atoms. The Kier molecular flexibility index (Phi) is 3.61. The maximum Gasteiger partial charge on any atom is 0.265 e. The molecule has 0 atom stereocenters. The molecule has 2 rings (SSSR count). The molecule has 4 nitrogen and oxygen atoms in total. The highest BCUT2D eigenvalue weighted by Crippen LogP contribution is 2.37. The Labute approximate surface area is 103 Å². The number of carbonyl (C=O) groups is 1. The molecule has 5 heteroatoms. The molecule has 17 heavy (non-hydrogen) atoms. The predicted octanol–water partition coefficient (Wildman–Crippen LogP) is 1.60. The second kappa shape index (κ2) is 5.16. The molecule has 0 saturated heterocycles. The molecule has 1 aromatic carbocycles. The van der Waals surface area contributed by atoms with Crippen molar-refractivity contribution in [1.29, 1.82) is 0 Å². The van der Waals surface area contributed by atoms with E-state index in [1.807, 2.05) is 24.3 Å². The normalized spacial score (nSPS) is 10.5. The first kappa shape index (κ1) is 11.9. The number of nitrogens with two attached hydrogens (primary N) is 1. The summed E-state index contributed by atoms with van der Waals surface area (Å²) in [7, 11) is 1.58. The third-order valence-corrected chi connectivity index (χ3v) is 3.54. The minimum Gasteiger partial charge on any atom is -0.494 e. The average molecular weight is 250 g/mol. The lowest BCUT2D eigenvalue weighted by Crippen LogP contribution is -2.28. The van der Waals surface area contributed by atoms with Crippen molar-refractivity contribution in [1.82, 2.24) is 5.32 Å². The van der Waals surface area contributed by atoms with Crippen LogP contribution in [0.5, 0.6) is 5.75 Å². The van der Waals surface area contributed by atoms with Crippen LogP contribution in [0.1, 0.15) is 9.67 Å². The smallest absolute Gasteiger partial charge is 0.265 e. The van der Waals surface area contributed by atoms with Gasteiger partial charge in [-0.15, -0.1) is 11.3 Å². The molecule has 0 aliphatic heterocycles. The van der Waals surface area contributed by atoms with Gasteiger partial charge < -0.3 is 15.8 Å². The van der Waals surface area contributed by atoms with Crippen molar-refractivity contribution >= 4 is 27.3 Å². The SMILES string of the molecule is COc1c(C(=O)NCCN)sc2ccccc12. The van der Waals surface area contributed by atoms with Crippen molar-refractivity contribution in [3.8, 4) is 5.75 Å². The van der Waals surface area contributed by atoms with Crippen molar-refractivity contribution in [2.75, 3.05) is 20.2 Å². The Morgan fingerprint density at radius 3 is 2.94 bits per heavy atom. The van der Waals surface area contributed by atoms with E-state index in [0.717, 1.165) is 10.1 Å². The first-order valence-corrected chi connectivity index (χ1v) is 6.13. The van der Waals surface area contributed by atoms with Crippen LogP contribution < -0.4 is 15.8 Å². The Morgan fingerprint density at radius 1 is 1.47 bits per heavy atom. The maximum absolute atomic E-state index is 11.9. The van der Waals surface area contributed by atoms with Crippen LogP contribution in [0, 0.1) is 0 Å². The van der Waals surface area contributed by atoms with E-state index in [9.17, 15) is 4.79 Å². The predicted molar refractivity (Wildman–Crippen MR) is 69.8 cm³/mol. The highest BCUT2D eigenvalue weighted by molar-refractivity contribution is 7.21. The van der Waals surface area contributed by atoms with Gasteiger partial charge in [0.1, 0.15) is 10.6 Å². The minimum atomic E-state index is -0.131. The van der Waals surface area contributed by atoms with Gasteiger partial charge in [0.15, 0.2) is 0 Å². The first-order chi connectivity index (χ1) is 8.27. The van der Waals surface area contributed by atoms with Gasteiger partial charge in [0.2, 0.25) is 0 Å². The minimum absolute atomic E-state index is 0.131. The van der Waals surface area contributed by atoms with Gasteiger partial charge in [-0.1, -0.05) is 12.1 Å². The molecule has 0 bridgehead atoms. The summed E-state index contributed by atoms with van der Waals surface area (Å²) in [5, 5.41) is 3.72. The Morgan fingerprint density at radius 2 is 2.24 bits per heavy atom. The fraction of sp³-hybridized carbons (Fsp3) is 0.250. The Hall–Kier alpha value is -1.59. The lowest BCUT2D eigenvalue weighted by molar-refractivity contribution is 0.0956. The van der Waals surface area contributed by atoms with E-state index in [-0.39, 0.29) is 5.91 Å². The summed E-state index contributed by atoms with van der Waals surface area (Å²) < 4.78 is 6.36. The zero-order chi connectivity index (χ0) is 12.3. The number of rotatable bonds is 4. The Balaban J connectivity index is 2.42. The van der Waals surface area contributed by atoms with Crippen LogP contribution in [0.15, 0.2) is 24.3 Å². The molecular formula is C12H14N2O2S. The molecule has 0 saturated carbocycles. The van der Waals surface area contributed by atoms with Crippen LogP contribution in [0.25, 0.3) is 10.1 Å². The van der Waals surface area contributed by atoms with Crippen molar-refractivity contribution in [3.05, 3.63) is 29.1 Å². The number of methoxy groups -OCH3 is 1. The van der Waals surface area contributed by atoms with Crippen LogP contribution in [0.3, 0.4) is 0 Å². The van der Waals surface area contributed by atoms with Gasteiger partial charge in [0.25, 0.3) is 5.91 Å².